The number of ether oxygens (including phenoxy) is 1. The topological polar surface area (TPSA) is 58.6 Å². The van der Waals surface area contributed by atoms with Crippen LogP contribution in [-0.2, 0) is 9.59 Å². The lowest BCUT2D eigenvalue weighted by Crippen LogP contribution is -2.35. The first-order valence-electron chi connectivity index (χ1n) is 10.3. The molecule has 0 radical (unpaired) electrons. The number of hydrogen-bond donors (Lipinski definition) is 1. The average molecular weight is 479 g/mol. The Morgan fingerprint density at radius 3 is 2.09 bits per heavy atom. The Balaban J connectivity index is 0. The van der Waals surface area contributed by atoms with E-state index in [0.717, 1.165) is 23.6 Å². The van der Waals surface area contributed by atoms with Gasteiger partial charge in [0.05, 0.1) is 0 Å². The highest BCUT2D eigenvalue weighted by Crippen LogP contribution is 2.20. The molecular formula is C26H36ClFN2O3. The van der Waals surface area contributed by atoms with E-state index in [0.29, 0.717) is 10.9 Å². The zero-order valence-corrected chi connectivity index (χ0v) is 21.2. The zero-order chi connectivity index (χ0) is 26.0. The van der Waals surface area contributed by atoms with Crippen molar-refractivity contribution in [2.24, 2.45) is 0 Å². The molecule has 33 heavy (non-hydrogen) atoms. The second-order valence-electron chi connectivity index (χ2n) is 6.67. The second kappa shape index (κ2) is 18.6. The molecule has 2 aromatic rings. The van der Waals surface area contributed by atoms with Gasteiger partial charge >= 0.3 is 0 Å². The summed E-state index contributed by atoms with van der Waals surface area (Å²) in [5.41, 5.74) is 3.28. The van der Waals surface area contributed by atoms with Crippen LogP contribution >= 0.6 is 11.6 Å². The van der Waals surface area contributed by atoms with Crippen molar-refractivity contribution in [1.29, 1.82) is 0 Å². The van der Waals surface area contributed by atoms with Crippen molar-refractivity contribution >= 4 is 25.2 Å². The number of hydrogen-bond acceptors (Lipinski definition) is 5. The van der Waals surface area contributed by atoms with Gasteiger partial charge in [0.1, 0.15) is 25.1 Å². The summed E-state index contributed by atoms with van der Waals surface area (Å²) in [5.74, 6) is 1.17. The van der Waals surface area contributed by atoms with Gasteiger partial charge in [0.25, 0.3) is 0 Å². The van der Waals surface area contributed by atoms with Gasteiger partial charge in [-0.05, 0) is 78.1 Å². The Labute approximate surface area is 202 Å². The summed E-state index contributed by atoms with van der Waals surface area (Å²) in [6, 6.07) is 12.6. The van der Waals surface area contributed by atoms with E-state index in [2.05, 4.69) is 43.6 Å². The fraction of sp³-hybridized carbons (Fsp3) is 0.308. The minimum Gasteiger partial charge on any atom is -0.441 e. The van der Waals surface area contributed by atoms with E-state index in [4.69, 9.17) is 25.9 Å². The highest BCUT2D eigenvalue weighted by Gasteiger charge is 2.17. The van der Waals surface area contributed by atoms with Crippen LogP contribution in [0.15, 0.2) is 66.7 Å². The third-order valence-electron chi connectivity index (χ3n) is 4.49. The van der Waals surface area contributed by atoms with Gasteiger partial charge in [-0.25, -0.2) is 4.39 Å². The Morgan fingerprint density at radius 1 is 1.15 bits per heavy atom. The minimum absolute atomic E-state index is 0.248. The van der Waals surface area contributed by atoms with Crippen molar-refractivity contribution in [2.45, 2.75) is 40.7 Å². The van der Waals surface area contributed by atoms with Crippen molar-refractivity contribution in [3.63, 3.8) is 0 Å². The van der Waals surface area contributed by atoms with Crippen LogP contribution in [0.1, 0.15) is 31.9 Å². The quantitative estimate of drug-likeness (QED) is 0.487. The molecule has 0 amide bonds. The molecule has 0 heterocycles. The molecule has 0 saturated carbocycles. The van der Waals surface area contributed by atoms with Gasteiger partial charge in [-0.3, -0.25) is 0 Å². The van der Waals surface area contributed by atoms with E-state index in [9.17, 15) is 4.39 Å². The number of halogens is 2. The first kappa shape index (κ1) is 32.2. The van der Waals surface area contributed by atoms with Gasteiger partial charge in [-0.1, -0.05) is 41.4 Å². The molecule has 0 aliphatic heterocycles. The summed E-state index contributed by atoms with van der Waals surface area (Å²) < 4.78 is 18.1. The monoisotopic (exact) mass is 478 g/mol. The fourth-order valence-electron chi connectivity index (χ4n) is 2.66. The maximum atomic E-state index is 12.3. The Hall–Kier alpha value is -2.96. The molecule has 0 aromatic heterocycles. The third-order valence-corrected chi connectivity index (χ3v) is 4.90. The molecule has 0 spiro atoms. The van der Waals surface area contributed by atoms with Crippen molar-refractivity contribution < 1.29 is 18.7 Å². The van der Waals surface area contributed by atoms with Crippen molar-refractivity contribution in [2.75, 3.05) is 13.6 Å². The van der Waals surface area contributed by atoms with Crippen LogP contribution in [0.4, 0.5) is 4.39 Å². The predicted molar refractivity (Wildman–Crippen MR) is 136 cm³/mol. The summed E-state index contributed by atoms with van der Waals surface area (Å²) in [7, 11) is 1.95. The van der Waals surface area contributed by atoms with Crippen LogP contribution in [0.3, 0.4) is 0 Å². The summed E-state index contributed by atoms with van der Waals surface area (Å²) in [6.45, 7) is 19.0. The van der Waals surface area contributed by atoms with Crippen LogP contribution in [-0.4, -0.2) is 38.1 Å². The van der Waals surface area contributed by atoms with Gasteiger partial charge in [0, 0.05) is 23.3 Å². The number of carbonyl (C=O) groups excluding carboxylic acids is 2. The fourth-order valence-corrected chi connectivity index (χ4v) is 2.82. The largest absolute Gasteiger partial charge is 0.441 e. The summed E-state index contributed by atoms with van der Waals surface area (Å²) in [5, 5.41) is 3.73. The van der Waals surface area contributed by atoms with E-state index in [-0.39, 0.29) is 11.9 Å². The summed E-state index contributed by atoms with van der Waals surface area (Å²) in [4.78, 5) is 18.1. The Morgan fingerprint density at radius 2 is 1.70 bits per heavy atom. The van der Waals surface area contributed by atoms with Gasteiger partial charge < -0.3 is 24.5 Å². The molecule has 0 saturated heterocycles. The summed E-state index contributed by atoms with van der Waals surface area (Å²) in [6.07, 6.45) is 2.09. The lowest BCUT2D eigenvalue weighted by Gasteiger charge is -2.30. The molecule has 0 aliphatic carbocycles. The van der Waals surface area contributed by atoms with Crippen LogP contribution in [0, 0.1) is 19.7 Å². The average Bonchev–Trinajstić information content (AvgIpc) is 2.83. The molecule has 2 aromatic carbocycles. The molecular weight excluding hydrogens is 443 g/mol. The van der Waals surface area contributed by atoms with E-state index in [1.807, 2.05) is 58.7 Å². The van der Waals surface area contributed by atoms with Crippen LogP contribution in [0.25, 0.3) is 0 Å². The Bertz CT molecular complexity index is 855. The van der Waals surface area contributed by atoms with Crippen LogP contribution in [0.5, 0.6) is 5.75 Å². The van der Waals surface area contributed by atoms with Gasteiger partial charge in [-0.2, -0.15) is 0 Å². The lowest BCUT2D eigenvalue weighted by atomic mass is 10.2. The summed E-state index contributed by atoms with van der Waals surface area (Å²) >= 11 is 5.57. The number of allylic oxidation sites excluding steroid dienone is 1. The first-order chi connectivity index (χ1) is 15.7. The number of nitrogens with zero attached hydrogens (tertiary/aromatic N) is 1. The van der Waals surface area contributed by atoms with Crippen molar-refractivity contribution in [1.82, 2.24) is 10.2 Å². The highest BCUT2D eigenvalue weighted by atomic mass is 35.5. The minimum atomic E-state index is -0.286. The number of likely N-dealkylation sites (N-methyl/N-ethyl adjacent to an activating group) is 2. The highest BCUT2D eigenvalue weighted by molar-refractivity contribution is 6.31. The first-order valence-corrected chi connectivity index (χ1v) is 10.6. The zero-order valence-electron chi connectivity index (χ0n) is 20.5. The smallest absolute Gasteiger partial charge is 0.192 e. The molecule has 1 atom stereocenters. The Kier molecular flexibility index (Phi) is 18.2. The van der Waals surface area contributed by atoms with Gasteiger partial charge in [0.2, 0.25) is 0 Å². The third kappa shape index (κ3) is 12.0. The molecule has 5 nitrogen and oxygen atoms in total. The van der Waals surface area contributed by atoms with E-state index < -0.39 is 0 Å². The number of carbonyl (C=O) groups is 2. The molecule has 0 bridgehead atoms. The van der Waals surface area contributed by atoms with Crippen molar-refractivity contribution in [3.05, 3.63) is 88.7 Å². The van der Waals surface area contributed by atoms with Crippen molar-refractivity contribution in [3.8, 4) is 5.75 Å². The number of aryl methyl sites for hydroxylation is 2. The number of benzene rings is 2. The SMILES string of the molecule is C=C(Oc1ccc(C)cc1)N(CC)/C(=C\C)C(C)NC.C=O.C=O.Cc1ccc(F)cc1Cl. The van der Waals surface area contributed by atoms with E-state index in [1.54, 1.807) is 6.07 Å². The molecule has 0 fully saturated rings. The van der Waals surface area contributed by atoms with Gasteiger partial charge in [-0.15, -0.1) is 0 Å². The van der Waals surface area contributed by atoms with Gasteiger partial charge in [0.15, 0.2) is 5.88 Å². The number of rotatable bonds is 7. The molecule has 2 rings (SSSR count). The molecule has 1 unspecified atom stereocenters. The molecule has 1 N–H and O–H groups in total. The predicted octanol–water partition coefficient (Wildman–Crippen LogP) is 6.10. The maximum absolute atomic E-state index is 12.3. The van der Waals surface area contributed by atoms with E-state index in [1.165, 1.54) is 17.7 Å². The van der Waals surface area contributed by atoms with Crippen LogP contribution < -0.4 is 10.1 Å². The molecule has 182 valence electrons. The standard InChI is InChI=1S/C17H26N2O.C7H6ClF.2CH2O/c1-7-17(14(4)18-6)19(8-2)15(5)20-16-11-9-13(3)10-12-16;1-5-2-3-6(9)4-7(5)8;2*1-2/h7,9-12,14,18H,5,8H2,1-4,6H3;2-4H,1H3;2*1H2/b17-7-;;;. The van der Waals surface area contributed by atoms with E-state index >= 15 is 0 Å². The maximum Gasteiger partial charge on any atom is 0.192 e. The second-order valence-corrected chi connectivity index (χ2v) is 7.08. The molecule has 0 aliphatic rings. The normalized spacial score (nSPS) is 10.7. The lowest BCUT2D eigenvalue weighted by molar-refractivity contribution is -0.0987. The molecule has 7 heteroatoms. The number of nitrogens with one attached hydrogen (secondary N) is 1. The van der Waals surface area contributed by atoms with Crippen LogP contribution in [0.2, 0.25) is 5.02 Å².